The number of thiazole rings is 1. The van der Waals surface area contributed by atoms with Gasteiger partial charge in [-0.3, -0.25) is 0 Å². The molecule has 5 unspecified atom stereocenters. The van der Waals surface area contributed by atoms with E-state index in [0.29, 0.717) is 23.7 Å². The molecule has 3 aromatic rings. The highest BCUT2D eigenvalue weighted by molar-refractivity contribution is 7.13. The Morgan fingerprint density at radius 2 is 1.86 bits per heavy atom. The summed E-state index contributed by atoms with van der Waals surface area (Å²) < 4.78 is 6.56. The van der Waals surface area contributed by atoms with Gasteiger partial charge in [-0.15, -0.1) is 11.3 Å². The second kappa shape index (κ2) is 8.65. The maximum atomic E-state index is 6.56. The molecule has 42 heavy (non-hydrogen) atoms. The molecular formula is C39H29NOS. The van der Waals surface area contributed by atoms with Crippen LogP contribution in [0.5, 0.6) is 0 Å². The van der Waals surface area contributed by atoms with Crippen molar-refractivity contribution in [3.8, 4) is 11.1 Å². The molecule has 2 aromatic carbocycles. The van der Waals surface area contributed by atoms with Gasteiger partial charge in [0.15, 0.2) is 0 Å². The quantitative estimate of drug-likeness (QED) is 0.244. The molecule has 6 aliphatic carbocycles. The van der Waals surface area contributed by atoms with Gasteiger partial charge in [0.25, 0.3) is 0 Å². The van der Waals surface area contributed by atoms with Gasteiger partial charge in [0.1, 0.15) is 16.9 Å². The van der Waals surface area contributed by atoms with E-state index in [4.69, 9.17) is 9.72 Å². The zero-order chi connectivity index (χ0) is 27.4. The van der Waals surface area contributed by atoms with Gasteiger partial charge >= 0.3 is 0 Å². The number of rotatable bonds is 2. The Balaban J connectivity index is 0.970. The summed E-state index contributed by atoms with van der Waals surface area (Å²) >= 11 is 1.83. The first-order valence-electron chi connectivity index (χ1n) is 15.3. The van der Waals surface area contributed by atoms with Crippen molar-refractivity contribution in [1.82, 2.24) is 4.98 Å². The van der Waals surface area contributed by atoms with Crippen LogP contribution in [0, 0.1) is 11.8 Å². The topological polar surface area (TPSA) is 22.1 Å². The van der Waals surface area contributed by atoms with Crippen LogP contribution in [0.15, 0.2) is 115 Å². The smallest absolute Gasteiger partial charge is 0.134 e. The maximum Gasteiger partial charge on any atom is 0.134 e. The fraction of sp³-hybridized carbons (Fsp3) is 0.205. The SMILES string of the molecule is C1=CC2C=Cc3sc(C4=CCC(c5ccc6c(c5)C5=CC7C8=C(C=CCC8)OC7c7cccc-6c75)C=C4)nc3C2C=C1. The second-order valence-corrected chi connectivity index (χ2v) is 13.4. The first kappa shape index (κ1) is 23.4. The van der Waals surface area contributed by atoms with E-state index in [1.807, 2.05) is 11.3 Å². The van der Waals surface area contributed by atoms with Gasteiger partial charge in [-0.2, -0.15) is 0 Å². The summed E-state index contributed by atoms with van der Waals surface area (Å²) in [5.41, 5.74) is 13.6. The molecule has 0 spiro atoms. The lowest BCUT2D eigenvalue weighted by Gasteiger charge is -2.27. The van der Waals surface area contributed by atoms with Crippen LogP contribution in [-0.4, -0.2) is 4.98 Å². The molecule has 202 valence electrons. The zero-order valence-electron chi connectivity index (χ0n) is 23.2. The Labute approximate surface area is 250 Å². The van der Waals surface area contributed by atoms with Crippen molar-refractivity contribution in [2.24, 2.45) is 11.8 Å². The van der Waals surface area contributed by atoms with E-state index in [2.05, 4.69) is 109 Å². The number of benzene rings is 2. The van der Waals surface area contributed by atoms with Crippen molar-refractivity contribution in [3.05, 3.63) is 152 Å². The highest BCUT2D eigenvalue weighted by atomic mass is 32.1. The van der Waals surface area contributed by atoms with E-state index in [-0.39, 0.29) is 6.10 Å². The van der Waals surface area contributed by atoms with Crippen molar-refractivity contribution in [3.63, 3.8) is 0 Å². The predicted octanol–water partition coefficient (Wildman–Crippen LogP) is 9.84. The summed E-state index contributed by atoms with van der Waals surface area (Å²) in [6.45, 7) is 0. The molecular weight excluding hydrogens is 531 g/mol. The van der Waals surface area contributed by atoms with E-state index in [1.54, 1.807) is 0 Å². The number of fused-ring (bicyclic) bond motifs is 9. The van der Waals surface area contributed by atoms with Crippen molar-refractivity contribution in [1.29, 1.82) is 0 Å². The molecule has 7 aliphatic rings. The molecule has 10 rings (SSSR count). The third-order valence-corrected chi connectivity index (χ3v) is 11.3. The molecule has 1 aromatic heterocycles. The average Bonchev–Trinajstić information content (AvgIpc) is 3.75. The van der Waals surface area contributed by atoms with Gasteiger partial charge in [0.05, 0.1) is 10.6 Å². The summed E-state index contributed by atoms with van der Waals surface area (Å²) in [6.07, 6.45) is 30.9. The van der Waals surface area contributed by atoms with Crippen molar-refractivity contribution >= 4 is 28.6 Å². The van der Waals surface area contributed by atoms with E-state index < -0.39 is 0 Å². The molecule has 0 amide bonds. The van der Waals surface area contributed by atoms with E-state index >= 15 is 0 Å². The number of aromatic nitrogens is 1. The first-order valence-corrected chi connectivity index (χ1v) is 16.1. The average molecular weight is 560 g/mol. The highest BCUT2D eigenvalue weighted by Gasteiger charge is 2.43. The molecule has 0 bridgehead atoms. The number of ether oxygens (including phenoxy) is 1. The van der Waals surface area contributed by atoms with Crippen molar-refractivity contribution in [2.45, 2.75) is 37.2 Å². The number of hydrogen-bond acceptors (Lipinski definition) is 3. The van der Waals surface area contributed by atoms with E-state index in [0.717, 1.165) is 30.0 Å². The third kappa shape index (κ3) is 3.23. The fourth-order valence-electron chi connectivity index (χ4n) is 8.14. The van der Waals surface area contributed by atoms with Gasteiger partial charge in [0.2, 0.25) is 0 Å². The highest BCUT2D eigenvalue weighted by Crippen LogP contribution is 2.57. The van der Waals surface area contributed by atoms with Crippen LogP contribution in [0.3, 0.4) is 0 Å². The van der Waals surface area contributed by atoms with Crippen LogP contribution in [0.2, 0.25) is 0 Å². The molecule has 0 saturated heterocycles. The minimum absolute atomic E-state index is 0.110. The minimum atomic E-state index is 0.110. The van der Waals surface area contributed by atoms with Gasteiger partial charge in [0, 0.05) is 34.8 Å². The third-order valence-electron chi connectivity index (χ3n) is 10.2. The molecule has 2 nitrogen and oxygen atoms in total. The lowest BCUT2D eigenvalue weighted by molar-refractivity contribution is 0.132. The van der Waals surface area contributed by atoms with Gasteiger partial charge in [-0.05, 0) is 76.4 Å². The maximum absolute atomic E-state index is 6.56. The van der Waals surface area contributed by atoms with Crippen LogP contribution in [0.4, 0.5) is 0 Å². The summed E-state index contributed by atoms with van der Waals surface area (Å²) in [7, 11) is 0. The molecule has 5 atom stereocenters. The molecule has 0 saturated carbocycles. The second-order valence-electron chi connectivity index (χ2n) is 12.4. The molecule has 0 N–H and O–H groups in total. The van der Waals surface area contributed by atoms with Gasteiger partial charge in [-0.25, -0.2) is 4.98 Å². The number of hydrogen-bond donors (Lipinski definition) is 0. The van der Waals surface area contributed by atoms with E-state index in [9.17, 15) is 0 Å². The van der Waals surface area contributed by atoms with Crippen LogP contribution in [-0.2, 0) is 4.74 Å². The van der Waals surface area contributed by atoms with Crippen LogP contribution >= 0.6 is 11.3 Å². The first-order chi connectivity index (χ1) is 20.8. The zero-order valence-corrected chi connectivity index (χ0v) is 24.0. The van der Waals surface area contributed by atoms with Gasteiger partial charge < -0.3 is 4.74 Å². The predicted molar refractivity (Wildman–Crippen MR) is 172 cm³/mol. The molecule has 2 heterocycles. The number of nitrogens with zero attached hydrogens (tertiary/aromatic N) is 1. The Bertz CT molecular complexity index is 1970. The number of allylic oxidation sites excluding steroid dienone is 11. The normalized spacial score (nSPS) is 28.3. The fourth-order valence-corrected chi connectivity index (χ4v) is 9.20. The summed E-state index contributed by atoms with van der Waals surface area (Å²) in [5, 5.41) is 1.15. The monoisotopic (exact) mass is 559 g/mol. The van der Waals surface area contributed by atoms with Crippen LogP contribution < -0.4 is 0 Å². The summed E-state index contributed by atoms with van der Waals surface area (Å²) in [5.74, 6) is 2.63. The van der Waals surface area contributed by atoms with Crippen molar-refractivity contribution < 1.29 is 4.74 Å². The Kier molecular flexibility index (Phi) is 4.81. The standard InChI is InChI=1S/C39H29NOS/c1-2-7-26-23(6-1)17-19-35-37(26)40-39(42-35)24-14-12-22(13-15-24)25-16-18-27-29-9-5-10-30-36(29)32(31(27)20-25)21-33-28-8-3-4-11-34(28)41-38(30)33/h1-2,4-7,9-12,14-23,26,33,38H,3,8,13H2. The van der Waals surface area contributed by atoms with Gasteiger partial charge in [-0.1, -0.05) is 91.1 Å². The minimum Gasteiger partial charge on any atom is -0.485 e. The lowest BCUT2D eigenvalue weighted by atomic mass is 9.78. The van der Waals surface area contributed by atoms with Crippen LogP contribution in [0.1, 0.15) is 75.0 Å². The summed E-state index contributed by atoms with van der Waals surface area (Å²) in [4.78, 5) is 6.46. The Morgan fingerprint density at radius 3 is 2.81 bits per heavy atom. The Hall–Kier alpha value is -4.21. The Morgan fingerprint density at radius 1 is 0.881 bits per heavy atom. The molecule has 0 radical (unpaired) electrons. The lowest BCUT2D eigenvalue weighted by Crippen LogP contribution is -2.15. The van der Waals surface area contributed by atoms with Crippen molar-refractivity contribution in [2.75, 3.05) is 0 Å². The molecule has 1 aliphatic heterocycles. The largest absolute Gasteiger partial charge is 0.485 e. The van der Waals surface area contributed by atoms with Crippen LogP contribution in [0.25, 0.3) is 28.3 Å². The molecule has 0 fully saturated rings. The summed E-state index contributed by atoms with van der Waals surface area (Å²) in [6, 6.07) is 14.0. The van der Waals surface area contributed by atoms with E-state index in [1.165, 1.54) is 60.7 Å². The molecule has 3 heteroatoms.